The van der Waals surface area contributed by atoms with E-state index in [1.807, 2.05) is 36.4 Å². The van der Waals surface area contributed by atoms with Crippen LogP contribution < -0.4 is 0 Å². The first kappa shape index (κ1) is 37.1. The van der Waals surface area contributed by atoms with Crippen LogP contribution in [-0.4, -0.2) is 22.6 Å². The average Bonchev–Trinajstić information content (AvgIpc) is 2.80. The minimum Gasteiger partial charge on any atom is -0.507 e. The Morgan fingerprint density at radius 1 is 0.524 bits per heavy atom. The molecule has 0 heterocycles. The Kier molecular flexibility index (Phi) is 11.6. The first-order chi connectivity index (χ1) is 18.2. The number of para-hydroxylation sites is 2. The van der Waals surface area contributed by atoms with Crippen molar-refractivity contribution in [3.05, 3.63) is 89.3 Å². The third-order valence-corrected chi connectivity index (χ3v) is 7.19. The summed E-state index contributed by atoms with van der Waals surface area (Å²) in [7, 11) is 0. The van der Waals surface area contributed by atoms with E-state index in [4.69, 9.17) is 9.98 Å². The molecule has 231 valence electrons. The smallest absolute Gasteiger partial charge is 0.128 e. The van der Waals surface area contributed by atoms with Crippen molar-refractivity contribution in [1.29, 1.82) is 0 Å². The largest absolute Gasteiger partial charge is 0.507 e. The number of benzene rings is 3. The minimum atomic E-state index is -0.217. The molecule has 42 heavy (non-hydrogen) atoms. The second kappa shape index (κ2) is 13.2. The van der Waals surface area contributed by atoms with Crippen molar-refractivity contribution in [2.24, 2.45) is 9.98 Å². The van der Waals surface area contributed by atoms with E-state index in [-0.39, 0.29) is 57.4 Å². The van der Waals surface area contributed by atoms with Gasteiger partial charge in [-0.15, -0.1) is 0 Å². The third-order valence-electron chi connectivity index (χ3n) is 7.19. The van der Waals surface area contributed by atoms with Crippen LogP contribution in [0.25, 0.3) is 0 Å². The van der Waals surface area contributed by atoms with Crippen LogP contribution in [0.3, 0.4) is 0 Å². The summed E-state index contributed by atoms with van der Waals surface area (Å²) in [5, 5.41) is 22.4. The molecule has 5 heteroatoms. The van der Waals surface area contributed by atoms with Crippen molar-refractivity contribution in [3.8, 4) is 11.5 Å². The summed E-state index contributed by atoms with van der Waals surface area (Å²) in [5.74, 6) is 0.507. The Morgan fingerprint density at radius 3 is 1.10 bits per heavy atom. The van der Waals surface area contributed by atoms with Crippen molar-refractivity contribution >= 4 is 23.8 Å². The molecule has 4 nitrogen and oxygen atoms in total. The molecular weight excluding hydrogens is 563 g/mol. The van der Waals surface area contributed by atoms with Crippen molar-refractivity contribution in [1.82, 2.24) is 0 Å². The van der Waals surface area contributed by atoms with Crippen LogP contribution in [0.15, 0.2) is 58.5 Å². The molecule has 1 radical (unpaired) electrons. The third kappa shape index (κ3) is 8.81. The molecule has 0 unspecified atom stereocenters. The fraction of sp³-hybridized carbons (Fsp3) is 0.432. The van der Waals surface area contributed by atoms with Gasteiger partial charge in [-0.25, -0.2) is 0 Å². The number of phenols is 2. The number of aromatic hydroxyl groups is 2. The van der Waals surface area contributed by atoms with Gasteiger partial charge >= 0.3 is 0 Å². The van der Waals surface area contributed by atoms with Crippen LogP contribution in [0, 0.1) is 7.43 Å². The quantitative estimate of drug-likeness (QED) is 0.227. The van der Waals surface area contributed by atoms with Crippen molar-refractivity contribution in [3.63, 3.8) is 0 Å². The SMILES string of the molecule is CC(C)(C)c1cc(C=Nc2ccccc2N=Cc2cc(C(C)(C)C)cc(C(C)(C)C)c2O)c(O)c(C(C)(C)C)c1.[CH3-].[Co]. The predicted molar refractivity (Wildman–Crippen MR) is 178 cm³/mol. The molecule has 0 fully saturated rings. The van der Waals surface area contributed by atoms with Gasteiger partial charge in [-0.2, -0.15) is 0 Å². The van der Waals surface area contributed by atoms with E-state index < -0.39 is 0 Å². The van der Waals surface area contributed by atoms with Gasteiger partial charge < -0.3 is 17.6 Å². The summed E-state index contributed by atoms with van der Waals surface area (Å²) in [6.45, 7) is 25.7. The van der Waals surface area contributed by atoms with Gasteiger partial charge in [0.25, 0.3) is 0 Å². The summed E-state index contributed by atoms with van der Waals surface area (Å²) in [6, 6.07) is 15.9. The van der Waals surface area contributed by atoms with Crippen LogP contribution in [0.5, 0.6) is 11.5 Å². The summed E-state index contributed by atoms with van der Waals surface area (Å²) in [6.07, 6.45) is 3.45. The Labute approximate surface area is 265 Å². The first-order valence-electron chi connectivity index (χ1n) is 14.1. The first-order valence-corrected chi connectivity index (χ1v) is 14.1. The average molecular weight is 615 g/mol. The summed E-state index contributed by atoms with van der Waals surface area (Å²) >= 11 is 0. The van der Waals surface area contributed by atoms with Crippen LogP contribution in [0.2, 0.25) is 0 Å². The van der Waals surface area contributed by atoms with E-state index >= 15 is 0 Å². The van der Waals surface area contributed by atoms with E-state index in [9.17, 15) is 10.2 Å². The van der Waals surface area contributed by atoms with E-state index in [0.29, 0.717) is 22.5 Å². The molecule has 0 saturated heterocycles. The van der Waals surface area contributed by atoms with E-state index in [1.54, 1.807) is 12.4 Å². The van der Waals surface area contributed by atoms with Gasteiger partial charge in [0.15, 0.2) is 0 Å². The molecule has 0 aromatic heterocycles. The second-order valence-electron chi connectivity index (χ2n) is 14.9. The minimum absolute atomic E-state index is 0. The molecule has 3 aromatic carbocycles. The Bertz CT molecular complexity index is 1330. The van der Waals surface area contributed by atoms with Gasteiger partial charge in [0.05, 0.1) is 11.4 Å². The van der Waals surface area contributed by atoms with Crippen LogP contribution in [0.1, 0.15) is 116 Å². The summed E-state index contributed by atoms with van der Waals surface area (Å²) in [5.41, 5.74) is 6.23. The fourth-order valence-corrected chi connectivity index (χ4v) is 4.48. The fourth-order valence-electron chi connectivity index (χ4n) is 4.48. The number of rotatable bonds is 4. The molecule has 0 saturated carbocycles. The Morgan fingerprint density at radius 2 is 0.833 bits per heavy atom. The Hall–Kier alpha value is -2.89. The predicted octanol–water partition coefficient (Wildman–Crippen LogP) is 10.2. The number of hydrogen-bond acceptors (Lipinski definition) is 4. The van der Waals surface area contributed by atoms with Crippen LogP contribution in [0.4, 0.5) is 11.4 Å². The summed E-state index contributed by atoms with van der Waals surface area (Å²) in [4.78, 5) is 9.54. The number of phenolic OH excluding ortho intramolecular Hbond substituents is 2. The van der Waals surface area contributed by atoms with Crippen LogP contribution in [-0.2, 0) is 38.4 Å². The number of hydrogen-bond donors (Lipinski definition) is 2. The second-order valence-corrected chi connectivity index (χ2v) is 14.9. The molecule has 0 aliphatic heterocycles. The zero-order valence-electron chi connectivity index (χ0n) is 27.9. The maximum atomic E-state index is 11.2. The monoisotopic (exact) mass is 614 g/mol. The van der Waals surface area contributed by atoms with Gasteiger partial charge in [-0.3, -0.25) is 9.98 Å². The molecular formula is C37H51CoN2O2-. The van der Waals surface area contributed by atoms with Crippen LogP contribution >= 0.6 is 0 Å². The van der Waals surface area contributed by atoms with E-state index in [1.165, 1.54) is 0 Å². The van der Waals surface area contributed by atoms with Gasteiger partial charge in [-0.1, -0.05) is 107 Å². The van der Waals surface area contributed by atoms with E-state index in [2.05, 4.69) is 95.2 Å². The van der Waals surface area contributed by atoms with E-state index in [0.717, 1.165) is 22.3 Å². The van der Waals surface area contributed by atoms with Gasteiger partial charge in [0.1, 0.15) is 11.5 Å². The molecule has 2 N–H and O–H groups in total. The molecule has 0 bridgehead atoms. The van der Waals surface area contributed by atoms with Gasteiger partial charge in [0, 0.05) is 51.5 Å². The molecule has 0 aliphatic carbocycles. The van der Waals surface area contributed by atoms with Gasteiger partial charge in [0.2, 0.25) is 0 Å². The molecule has 0 spiro atoms. The van der Waals surface area contributed by atoms with Crippen molar-refractivity contribution < 1.29 is 27.0 Å². The number of aliphatic imine (C=N–C) groups is 2. The normalized spacial score (nSPS) is 12.9. The standard InChI is InChI=1S/C36H48N2O2.CH3.Co/c1-33(2,3)25-17-23(31(39)27(19-25)35(7,8)9)21-37-29-15-13-14-16-30(29)38-22-24-18-26(34(4,5)6)20-28(32(24)40)36(10,11)12;;/h13-22,39-40H,1-12H3;1H3;/q;-1;. The molecule has 3 rings (SSSR count). The van der Waals surface area contributed by atoms with Crippen molar-refractivity contribution in [2.45, 2.75) is 105 Å². The molecule has 3 aromatic rings. The maximum absolute atomic E-state index is 11.2. The topological polar surface area (TPSA) is 65.2 Å². The number of nitrogens with zero attached hydrogens (tertiary/aromatic N) is 2. The molecule has 0 amide bonds. The molecule has 0 atom stereocenters. The zero-order chi connectivity index (χ0) is 30.3. The van der Waals surface area contributed by atoms with Gasteiger partial charge in [-0.05, 0) is 57.1 Å². The zero-order valence-corrected chi connectivity index (χ0v) is 28.9. The Balaban J connectivity index is 0.00000441. The maximum Gasteiger partial charge on any atom is 0.128 e. The van der Waals surface area contributed by atoms with Crippen molar-refractivity contribution in [2.75, 3.05) is 0 Å². The molecule has 0 aliphatic rings. The summed E-state index contributed by atoms with van der Waals surface area (Å²) < 4.78 is 0.